The van der Waals surface area contributed by atoms with Crippen LogP contribution in [0.15, 0.2) is 0 Å². The van der Waals surface area contributed by atoms with Crippen LogP contribution in [0.5, 0.6) is 0 Å². The van der Waals surface area contributed by atoms with Crippen molar-refractivity contribution in [1.82, 2.24) is 10.2 Å². The standard InChI is InChI=1S/C13H28N2/c1-4-14-10-6-5-7-11-15(3)12(2)13-8-9-13/h12-14H,4-11H2,1-3H3. The molecule has 0 heterocycles. The summed E-state index contributed by atoms with van der Waals surface area (Å²) < 4.78 is 0. The van der Waals surface area contributed by atoms with Crippen molar-refractivity contribution in [1.29, 1.82) is 0 Å². The molecular formula is C13H28N2. The first-order chi connectivity index (χ1) is 7.25. The molecule has 0 aliphatic heterocycles. The predicted molar refractivity (Wildman–Crippen MR) is 67.2 cm³/mol. The second-order valence-corrected chi connectivity index (χ2v) is 4.97. The summed E-state index contributed by atoms with van der Waals surface area (Å²) in [4.78, 5) is 2.55. The molecule has 1 saturated carbocycles. The molecule has 0 radical (unpaired) electrons. The number of rotatable bonds is 9. The van der Waals surface area contributed by atoms with E-state index in [9.17, 15) is 0 Å². The molecule has 0 aromatic heterocycles. The molecule has 0 amide bonds. The number of nitrogens with one attached hydrogen (secondary N) is 1. The van der Waals surface area contributed by atoms with Crippen molar-refractivity contribution in [3.05, 3.63) is 0 Å². The van der Waals surface area contributed by atoms with E-state index in [1.54, 1.807) is 0 Å². The molecule has 1 unspecified atom stereocenters. The SMILES string of the molecule is CCNCCCCCN(C)C(C)C1CC1. The second-order valence-electron chi connectivity index (χ2n) is 4.97. The van der Waals surface area contributed by atoms with Gasteiger partial charge in [-0.05, 0) is 65.2 Å². The Morgan fingerprint density at radius 3 is 2.60 bits per heavy atom. The molecule has 1 aliphatic carbocycles. The third-order valence-electron chi connectivity index (χ3n) is 3.61. The lowest BCUT2D eigenvalue weighted by molar-refractivity contribution is 0.230. The maximum absolute atomic E-state index is 3.37. The van der Waals surface area contributed by atoms with Gasteiger partial charge in [0.05, 0.1) is 0 Å². The van der Waals surface area contributed by atoms with Crippen molar-refractivity contribution in [3.8, 4) is 0 Å². The molecule has 2 nitrogen and oxygen atoms in total. The van der Waals surface area contributed by atoms with Crippen LogP contribution in [0.1, 0.15) is 46.0 Å². The van der Waals surface area contributed by atoms with Crippen LogP contribution in [0, 0.1) is 5.92 Å². The predicted octanol–water partition coefficient (Wildman–Crippen LogP) is 2.50. The van der Waals surface area contributed by atoms with Crippen molar-refractivity contribution in [2.24, 2.45) is 5.92 Å². The normalized spacial score (nSPS) is 18.4. The molecule has 0 aromatic carbocycles. The van der Waals surface area contributed by atoms with Gasteiger partial charge in [-0.1, -0.05) is 13.3 Å². The highest BCUT2D eigenvalue weighted by atomic mass is 15.1. The Bertz CT molecular complexity index is 155. The lowest BCUT2D eigenvalue weighted by atomic mass is 10.1. The summed E-state index contributed by atoms with van der Waals surface area (Å²) in [7, 11) is 2.28. The molecule has 0 bridgehead atoms. The first-order valence-corrected chi connectivity index (χ1v) is 6.66. The fourth-order valence-corrected chi connectivity index (χ4v) is 2.11. The third kappa shape index (κ3) is 5.53. The minimum Gasteiger partial charge on any atom is -0.317 e. The van der Waals surface area contributed by atoms with Crippen LogP contribution in [-0.4, -0.2) is 37.6 Å². The maximum atomic E-state index is 3.37. The van der Waals surface area contributed by atoms with Crippen LogP contribution in [0.3, 0.4) is 0 Å². The van der Waals surface area contributed by atoms with E-state index >= 15 is 0 Å². The molecular weight excluding hydrogens is 184 g/mol. The van der Waals surface area contributed by atoms with Gasteiger partial charge < -0.3 is 10.2 Å². The van der Waals surface area contributed by atoms with Crippen LogP contribution in [0.2, 0.25) is 0 Å². The van der Waals surface area contributed by atoms with Crippen molar-refractivity contribution in [2.75, 3.05) is 26.7 Å². The molecule has 1 aliphatic rings. The Balaban J connectivity index is 1.89. The smallest absolute Gasteiger partial charge is 0.00921 e. The van der Waals surface area contributed by atoms with Gasteiger partial charge in [0.1, 0.15) is 0 Å². The Labute approximate surface area is 95.4 Å². The fourth-order valence-electron chi connectivity index (χ4n) is 2.11. The van der Waals surface area contributed by atoms with E-state index in [1.165, 1.54) is 45.2 Å². The van der Waals surface area contributed by atoms with Gasteiger partial charge in [-0.15, -0.1) is 0 Å². The van der Waals surface area contributed by atoms with Crippen LogP contribution in [0.4, 0.5) is 0 Å². The first kappa shape index (κ1) is 13.0. The Hall–Kier alpha value is -0.0800. The van der Waals surface area contributed by atoms with Crippen LogP contribution in [0.25, 0.3) is 0 Å². The van der Waals surface area contributed by atoms with E-state index in [0.29, 0.717) is 0 Å². The summed E-state index contributed by atoms with van der Waals surface area (Å²) in [5, 5.41) is 3.37. The molecule has 0 spiro atoms. The Morgan fingerprint density at radius 1 is 1.27 bits per heavy atom. The number of hydrogen-bond donors (Lipinski definition) is 1. The topological polar surface area (TPSA) is 15.3 Å². The van der Waals surface area contributed by atoms with Gasteiger partial charge in [0.15, 0.2) is 0 Å². The van der Waals surface area contributed by atoms with Crippen molar-refractivity contribution in [3.63, 3.8) is 0 Å². The molecule has 90 valence electrons. The van der Waals surface area contributed by atoms with Gasteiger partial charge in [-0.2, -0.15) is 0 Å². The quantitative estimate of drug-likeness (QED) is 0.591. The van der Waals surface area contributed by atoms with Gasteiger partial charge in [-0.25, -0.2) is 0 Å². The van der Waals surface area contributed by atoms with E-state index < -0.39 is 0 Å². The van der Waals surface area contributed by atoms with E-state index in [0.717, 1.165) is 18.5 Å². The summed E-state index contributed by atoms with van der Waals surface area (Å²) in [6, 6.07) is 0.818. The van der Waals surface area contributed by atoms with E-state index in [1.807, 2.05) is 0 Å². The zero-order valence-electron chi connectivity index (χ0n) is 10.8. The summed E-state index contributed by atoms with van der Waals surface area (Å²) in [5.41, 5.74) is 0. The van der Waals surface area contributed by atoms with E-state index in [2.05, 4.69) is 31.1 Å². The van der Waals surface area contributed by atoms with Gasteiger partial charge in [0.25, 0.3) is 0 Å². The minimum atomic E-state index is 0.818. The molecule has 1 atom stereocenters. The maximum Gasteiger partial charge on any atom is 0.00921 e. The molecule has 2 heteroatoms. The van der Waals surface area contributed by atoms with Crippen molar-refractivity contribution < 1.29 is 0 Å². The number of hydrogen-bond acceptors (Lipinski definition) is 2. The monoisotopic (exact) mass is 212 g/mol. The summed E-state index contributed by atoms with van der Waals surface area (Å²) in [5.74, 6) is 1.01. The summed E-state index contributed by atoms with van der Waals surface area (Å²) >= 11 is 0. The summed E-state index contributed by atoms with van der Waals surface area (Å²) in [6.45, 7) is 8.14. The van der Waals surface area contributed by atoms with Gasteiger partial charge >= 0.3 is 0 Å². The molecule has 1 fully saturated rings. The zero-order chi connectivity index (χ0) is 11.1. The molecule has 15 heavy (non-hydrogen) atoms. The second kappa shape index (κ2) is 7.24. The molecule has 0 saturated heterocycles. The third-order valence-corrected chi connectivity index (χ3v) is 3.61. The zero-order valence-corrected chi connectivity index (χ0v) is 10.8. The average molecular weight is 212 g/mol. The van der Waals surface area contributed by atoms with Crippen LogP contribution < -0.4 is 5.32 Å². The average Bonchev–Trinajstić information content (AvgIpc) is 3.05. The van der Waals surface area contributed by atoms with Crippen LogP contribution in [-0.2, 0) is 0 Å². The Morgan fingerprint density at radius 2 is 2.00 bits per heavy atom. The molecule has 0 aromatic rings. The van der Waals surface area contributed by atoms with Crippen molar-refractivity contribution >= 4 is 0 Å². The highest BCUT2D eigenvalue weighted by Gasteiger charge is 2.29. The number of unbranched alkanes of at least 4 members (excludes halogenated alkanes) is 2. The lowest BCUT2D eigenvalue weighted by Gasteiger charge is -2.24. The van der Waals surface area contributed by atoms with E-state index in [4.69, 9.17) is 0 Å². The summed E-state index contributed by atoms with van der Waals surface area (Å²) in [6.07, 6.45) is 6.99. The van der Waals surface area contributed by atoms with E-state index in [-0.39, 0.29) is 0 Å². The van der Waals surface area contributed by atoms with Gasteiger partial charge in [0.2, 0.25) is 0 Å². The van der Waals surface area contributed by atoms with Gasteiger partial charge in [-0.3, -0.25) is 0 Å². The first-order valence-electron chi connectivity index (χ1n) is 6.66. The Kier molecular flexibility index (Phi) is 6.26. The minimum absolute atomic E-state index is 0.818. The lowest BCUT2D eigenvalue weighted by Crippen LogP contribution is -2.31. The largest absolute Gasteiger partial charge is 0.317 e. The fraction of sp³-hybridized carbons (Fsp3) is 1.00. The molecule has 1 rings (SSSR count). The van der Waals surface area contributed by atoms with Crippen LogP contribution >= 0.6 is 0 Å². The van der Waals surface area contributed by atoms with Gasteiger partial charge in [0, 0.05) is 6.04 Å². The highest BCUT2D eigenvalue weighted by Crippen LogP contribution is 2.34. The van der Waals surface area contributed by atoms with Crippen molar-refractivity contribution in [2.45, 2.75) is 52.0 Å². The molecule has 1 N–H and O–H groups in total. The number of nitrogens with zero attached hydrogens (tertiary/aromatic N) is 1. The highest BCUT2D eigenvalue weighted by molar-refractivity contribution is 4.83.